The second kappa shape index (κ2) is 10.8. The minimum atomic E-state index is -0.884. The van der Waals surface area contributed by atoms with Crippen LogP contribution in [0.1, 0.15) is 48.2 Å². The average Bonchev–Trinajstić information content (AvgIpc) is 3.31. The van der Waals surface area contributed by atoms with Crippen molar-refractivity contribution >= 4 is 16.8 Å². The van der Waals surface area contributed by atoms with Crippen LogP contribution in [0, 0.1) is 24.0 Å². The molecule has 0 bridgehead atoms. The SMILES string of the molecule is C#CCN1CCC(NC(=O)c2n[nH]c3ccc(-c4cc(CN5CCCCC5)cc(F)c4F)cc23)CC1. The molecule has 0 spiro atoms. The molecule has 0 radical (unpaired) electrons. The molecular formula is C28H31F2N5O. The largest absolute Gasteiger partial charge is 0.348 e. The molecule has 1 aromatic heterocycles. The number of terminal acetylenes is 1. The third kappa shape index (κ3) is 5.28. The van der Waals surface area contributed by atoms with Gasteiger partial charge in [-0.1, -0.05) is 18.4 Å². The highest BCUT2D eigenvalue weighted by Gasteiger charge is 2.23. The normalized spacial score (nSPS) is 17.8. The number of aromatic amines is 1. The van der Waals surface area contributed by atoms with Crippen LogP contribution in [0.2, 0.25) is 0 Å². The van der Waals surface area contributed by atoms with Gasteiger partial charge in [0.2, 0.25) is 0 Å². The standard InChI is InChI=1S/C28H31F2N5O/c1-2-10-34-13-8-21(9-14-34)31-28(36)27-23-17-20(6-7-25(23)32-33-27)22-15-19(16-24(29)26(22)30)18-35-11-4-3-5-12-35/h1,6-7,15-17,21H,3-5,8-14,18H2,(H,31,36)(H,32,33). The number of carbonyl (C=O) groups excluding carboxylic acids is 1. The van der Waals surface area contributed by atoms with E-state index in [9.17, 15) is 13.6 Å². The highest BCUT2D eigenvalue weighted by atomic mass is 19.2. The second-order valence-corrected chi connectivity index (χ2v) is 9.84. The number of H-pyrrole nitrogens is 1. The number of rotatable bonds is 6. The quantitative estimate of drug-likeness (QED) is 0.504. The Kier molecular flexibility index (Phi) is 7.30. The van der Waals surface area contributed by atoms with Crippen molar-refractivity contribution in [2.45, 2.75) is 44.7 Å². The van der Waals surface area contributed by atoms with Crippen molar-refractivity contribution < 1.29 is 13.6 Å². The van der Waals surface area contributed by atoms with Gasteiger partial charge in [0.25, 0.3) is 5.91 Å². The Labute approximate surface area is 210 Å². The van der Waals surface area contributed by atoms with E-state index in [1.54, 1.807) is 24.3 Å². The molecule has 0 unspecified atom stereocenters. The lowest BCUT2D eigenvalue weighted by atomic mass is 9.99. The molecule has 36 heavy (non-hydrogen) atoms. The Morgan fingerprint density at radius 3 is 2.61 bits per heavy atom. The highest BCUT2D eigenvalue weighted by Crippen LogP contribution is 2.30. The van der Waals surface area contributed by atoms with E-state index in [0.717, 1.165) is 57.4 Å². The molecule has 2 N–H and O–H groups in total. The van der Waals surface area contributed by atoms with Crippen molar-refractivity contribution in [2.24, 2.45) is 0 Å². The topological polar surface area (TPSA) is 64.3 Å². The van der Waals surface area contributed by atoms with Crippen LogP contribution in [-0.2, 0) is 6.54 Å². The maximum absolute atomic E-state index is 14.9. The molecule has 2 aliphatic heterocycles. The smallest absolute Gasteiger partial charge is 0.272 e. The zero-order valence-corrected chi connectivity index (χ0v) is 20.3. The van der Waals surface area contributed by atoms with Gasteiger partial charge in [-0.3, -0.25) is 19.7 Å². The summed E-state index contributed by atoms with van der Waals surface area (Å²) in [4.78, 5) is 17.5. The summed E-state index contributed by atoms with van der Waals surface area (Å²) in [5.41, 5.74) is 2.36. The Bertz CT molecular complexity index is 1280. The second-order valence-electron chi connectivity index (χ2n) is 9.84. The Morgan fingerprint density at radius 2 is 1.86 bits per heavy atom. The van der Waals surface area contributed by atoms with Crippen LogP contribution >= 0.6 is 0 Å². The molecule has 0 saturated carbocycles. The summed E-state index contributed by atoms with van der Waals surface area (Å²) in [6.07, 6.45) is 10.5. The van der Waals surface area contributed by atoms with Crippen LogP contribution in [-0.4, -0.2) is 64.7 Å². The van der Waals surface area contributed by atoms with Crippen LogP contribution in [0.15, 0.2) is 30.3 Å². The van der Waals surface area contributed by atoms with Gasteiger partial charge in [0, 0.05) is 36.6 Å². The summed E-state index contributed by atoms with van der Waals surface area (Å²) < 4.78 is 29.5. The molecular weight excluding hydrogens is 460 g/mol. The maximum atomic E-state index is 14.9. The minimum Gasteiger partial charge on any atom is -0.348 e. The lowest BCUT2D eigenvalue weighted by Crippen LogP contribution is -2.44. The van der Waals surface area contributed by atoms with Gasteiger partial charge in [0.15, 0.2) is 17.3 Å². The number of nitrogens with one attached hydrogen (secondary N) is 2. The van der Waals surface area contributed by atoms with Crippen LogP contribution < -0.4 is 5.32 Å². The van der Waals surface area contributed by atoms with E-state index < -0.39 is 11.6 Å². The lowest BCUT2D eigenvalue weighted by molar-refractivity contribution is 0.0911. The van der Waals surface area contributed by atoms with E-state index in [1.807, 2.05) is 0 Å². The van der Waals surface area contributed by atoms with E-state index >= 15 is 0 Å². The third-order valence-electron chi connectivity index (χ3n) is 7.27. The number of nitrogens with zero attached hydrogens (tertiary/aromatic N) is 3. The highest BCUT2D eigenvalue weighted by molar-refractivity contribution is 6.05. The molecule has 2 aliphatic rings. The molecule has 0 atom stereocenters. The summed E-state index contributed by atoms with van der Waals surface area (Å²) in [5, 5.41) is 10.8. The molecule has 5 rings (SSSR count). The predicted octanol–water partition coefficient (Wildman–Crippen LogP) is 4.32. The number of likely N-dealkylation sites (tertiary alicyclic amines) is 2. The van der Waals surface area contributed by atoms with Crippen molar-refractivity contribution in [3.05, 3.63) is 53.2 Å². The fourth-order valence-electron chi connectivity index (χ4n) is 5.30. The summed E-state index contributed by atoms with van der Waals surface area (Å²) in [6.45, 7) is 4.81. The molecule has 2 aromatic carbocycles. The van der Waals surface area contributed by atoms with Gasteiger partial charge in [0.1, 0.15) is 0 Å². The zero-order chi connectivity index (χ0) is 25.1. The van der Waals surface area contributed by atoms with Crippen LogP contribution in [0.3, 0.4) is 0 Å². The van der Waals surface area contributed by atoms with Crippen LogP contribution in [0.25, 0.3) is 22.0 Å². The maximum Gasteiger partial charge on any atom is 0.272 e. The molecule has 3 aromatic rings. The molecule has 3 heterocycles. The molecule has 2 fully saturated rings. The predicted molar refractivity (Wildman–Crippen MR) is 136 cm³/mol. The third-order valence-corrected chi connectivity index (χ3v) is 7.27. The minimum absolute atomic E-state index is 0.0412. The van der Waals surface area contributed by atoms with E-state index in [0.29, 0.717) is 29.6 Å². The first-order chi connectivity index (χ1) is 17.5. The van der Waals surface area contributed by atoms with Gasteiger partial charge in [0.05, 0.1) is 12.1 Å². The fourth-order valence-corrected chi connectivity index (χ4v) is 5.30. The summed E-state index contributed by atoms with van der Waals surface area (Å²) in [6, 6.07) is 8.24. The Hall–Kier alpha value is -3.28. The number of benzene rings is 2. The molecule has 8 heteroatoms. The number of piperidine rings is 2. The number of amides is 1. The number of fused-ring (bicyclic) bond motifs is 1. The van der Waals surface area contributed by atoms with E-state index in [-0.39, 0.29) is 23.2 Å². The number of hydrogen-bond acceptors (Lipinski definition) is 4. The van der Waals surface area contributed by atoms with E-state index in [2.05, 4.69) is 31.2 Å². The molecule has 2 saturated heterocycles. The molecule has 0 aliphatic carbocycles. The number of carbonyl (C=O) groups is 1. The first-order valence-electron chi connectivity index (χ1n) is 12.7. The number of aromatic nitrogens is 2. The molecule has 1 amide bonds. The van der Waals surface area contributed by atoms with Gasteiger partial charge in [-0.25, -0.2) is 8.78 Å². The van der Waals surface area contributed by atoms with E-state index in [1.165, 1.54) is 12.5 Å². The van der Waals surface area contributed by atoms with E-state index in [4.69, 9.17) is 6.42 Å². The van der Waals surface area contributed by atoms with Gasteiger partial charge in [-0.15, -0.1) is 6.42 Å². The van der Waals surface area contributed by atoms with Gasteiger partial charge in [-0.2, -0.15) is 5.10 Å². The van der Waals surface area contributed by atoms with Gasteiger partial charge >= 0.3 is 0 Å². The molecule has 6 nitrogen and oxygen atoms in total. The Balaban J connectivity index is 1.37. The summed E-state index contributed by atoms with van der Waals surface area (Å²) >= 11 is 0. The first kappa shape index (κ1) is 24.4. The average molecular weight is 492 g/mol. The zero-order valence-electron chi connectivity index (χ0n) is 20.3. The molecule has 188 valence electrons. The van der Waals surface area contributed by atoms with Gasteiger partial charge in [-0.05, 0) is 74.2 Å². The van der Waals surface area contributed by atoms with Crippen molar-refractivity contribution in [2.75, 3.05) is 32.7 Å². The van der Waals surface area contributed by atoms with Gasteiger partial charge < -0.3 is 5.32 Å². The van der Waals surface area contributed by atoms with Crippen molar-refractivity contribution in [3.63, 3.8) is 0 Å². The number of hydrogen-bond donors (Lipinski definition) is 2. The number of halogens is 2. The fraction of sp³-hybridized carbons (Fsp3) is 0.429. The Morgan fingerprint density at radius 1 is 1.08 bits per heavy atom. The summed E-state index contributed by atoms with van der Waals surface area (Å²) in [7, 11) is 0. The monoisotopic (exact) mass is 491 g/mol. The van der Waals surface area contributed by atoms with Crippen molar-refractivity contribution in [3.8, 4) is 23.5 Å². The lowest BCUT2D eigenvalue weighted by Gasteiger charge is -2.30. The summed E-state index contributed by atoms with van der Waals surface area (Å²) in [5.74, 6) is 0.634. The van der Waals surface area contributed by atoms with Crippen LogP contribution in [0.5, 0.6) is 0 Å². The first-order valence-corrected chi connectivity index (χ1v) is 12.7. The van der Waals surface area contributed by atoms with Crippen molar-refractivity contribution in [1.82, 2.24) is 25.3 Å². The van der Waals surface area contributed by atoms with Crippen molar-refractivity contribution in [1.29, 1.82) is 0 Å². The van der Waals surface area contributed by atoms with Crippen LogP contribution in [0.4, 0.5) is 8.78 Å².